The van der Waals surface area contributed by atoms with Crippen LogP contribution in [-0.4, -0.2) is 5.78 Å². The Bertz CT molecular complexity index is 606. The Morgan fingerprint density at radius 3 is 1.88 bits per heavy atom. The number of hydrogen-bond acceptors (Lipinski definition) is 1. The summed E-state index contributed by atoms with van der Waals surface area (Å²) in [4.78, 5) is 13.0. The summed E-state index contributed by atoms with van der Waals surface area (Å²) in [6, 6.07) is 0. The molecule has 1 aliphatic carbocycles. The molecule has 0 fully saturated rings. The van der Waals surface area contributed by atoms with Gasteiger partial charge in [0, 0.05) is 12.3 Å². The molecule has 0 aromatic heterocycles. The number of ketones is 1. The summed E-state index contributed by atoms with van der Waals surface area (Å²) in [6.45, 7) is 11.2. The Morgan fingerprint density at radius 1 is 0.788 bits per heavy atom. The van der Waals surface area contributed by atoms with Crippen LogP contribution >= 0.6 is 0 Å². The van der Waals surface area contributed by atoms with E-state index in [1.165, 1.54) is 87.3 Å². The zero-order chi connectivity index (χ0) is 24.3. The topological polar surface area (TPSA) is 17.1 Å². The smallest absolute Gasteiger partial charge is 0.136 e. The fourth-order valence-corrected chi connectivity index (χ4v) is 5.17. The van der Waals surface area contributed by atoms with Crippen molar-refractivity contribution in [3.8, 4) is 0 Å². The Labute approximate surface area is 207 Å². The van der Waals surface area contributed by atoms with E-state index in [1.807, 2.05) is 0 Å². The Hall–Kier alpha value is -1.11. The third-order valence-corrected chi connectivity index (χ3v) is 7.72. The molecule has 0 heterocycles. The number of rotatable bonds is 15. The molecule has 0 aromatic rings. The van der Waals surface area contributed by atoms with Crippen LogP contribution in [0.1, 0.15) is 150 Å². The average molecular weight is 457 g/mol. The predicted octanol–water partition coefficient (Wildman–Crippen LogP) is 10.7. The van der Waals surface area contributed by atoms with Gasteiger partial charge >= 0.3 is 0 Å². The molecule has 2 unspecified atom stereocenters. The standard InChI is InChI=1S/C32H56O/c1-6-7-8-9-10-11-12-13-14-15-16-17-22-32(33)30(5)31-26-24-28(3)21-19-18-20-27(2)23-25-29(31)4/h20-21,25,30-31H,6-19,22-24,26H2,1-5H3. The van der Waals surface area contributed by atoms with E-state index in [9.17, 15) is 4.79 Å². The van der Waals surface area contributed by atoms with Gasteiger partial charge in [-0.25, -0.2) is 0 Å². The fourth-order valence-electron chi connectivity index (χ4n) is 5.17. The van der Waals surface area contributed by atoms with Gasteiger partial charge in [0.05, 0.1) is 0 Å². The third kappa shape index (κ3) is 14.7. The van der Waals surface area contributed by atoms with Gasteiger partial charge in [-0.2, -0.15) is 0 Å². The molecule has 0 amide bonds. The molecule has 190 valence electrons. The summed E-state index contributed by atoms with van der Waals surface area (Å²) in [5.74, 6) is 1.03. The van der Waals surface area contributed by atoms with Crippen LogP contribution in [0.2, 0.25) is 0 Å². The van der Waals surface area contributed by atoms with Crippen molar-refractivity contribution in [1.82, 2.24) is 0 Å². The number of carbonyl (C=O) groups is 1. The maximum absolute atomic E-state index is 13.0. The molecular formula is C32H56O. The molecule has 1 heteroatoms. The molecule has 0 bridgehead atoms. The van der Waals surface area contributed by atoms with Gasteiger partial charge in [-0.1, -0.05) is 119 Å². The van der Waals surface area contributed by atoms with E-state index in [1.54, 1.807) is 0 Å². The van der Waals surface area contributed by atoms with E-state index >= 15 is 0 Å². The number of Topliss-reactive ketones (excluding diaryl/α,β-unsaturated/α-hetero) is 1. The van der Waals surface area contributed by atoms with Crippen LogP contribution < -0.4 is 0 Å². The normalized spacial score (nSPS) is 19.1. The molecule has 0 saturated carbocycles. The molecule has 0 radical (unpaired) electrons. The van der Waals surface area contributed by atoms with Crippen LogP contribution in [0.25, 0.3) is 0 Å². The summed E-state index contributed by atoms with van der Waals surface area (Å²) in [6.07, 6.45) is 29.7. The van der Waals surface area contributed by atoms with E-state index in [0.29, 0.717) is 11.7 Å². The average Bonchev–Trinajstić information content (AvgIpc) is 2.80. The van der Waals surface area contributed by atoms with E-state index in [2.05, 4.69) is 52.8 Å². The van der Waals surface area contributed by atoms with Crippen molar-refractivity contribution in [1.29, 1.82) is 0 Å². The lowest BCUT2D eigenvalue weighted by Crippen LogP contribution is -2.22. The number of allylic oxidation sites excluding steroid dienone is 6. The minimum atomic E-state index is 0.147. The minimum Gasteiger partial charge on any atom is -0.299 e. The summed E-state index contributed by atoms with van der Waals surface area (Å²) in [5, 5.41) is 0. The number of unbranched alkanes of at least 4 members (excludes halogenated alkanes) is 11. The Morgan fingerprint density at radius 2 is 1.30 bits per heavy atom. The van der Waals surface area contributed by atoms with Gasteiger partial charge in [0.1, 0.15) is 5.78 Å². The highest BCUT2D eigenvalue weighted by Gasteiger charge is 2.24. The summed E-state index contributed by atoms with van der Waals surface area (Å²) in [7, 11) is 0. The summed E-state index contributed by atoms with van der Waals surface area (Å²) >= 11 is 0. The lowest BCUT2D eigenvalue weighted by atomic mass is 9.79. The maximum atomic E-state index is 13.0. The summed E-state index contributed by atoms with van der Waals surface area (Å²) in [5.41, 5.74) is 4.36. The number of hydrogen-bond donors (Lipinski definition) is 0. The van der Waals surface area contributed by atoms with Crippen molar-refractivity contribution >= 4 is 5.78 Å². The second kappa shape index (κ2) is 19.2. The van der Waals surface area contributed by atoms with Gasteiger partial charge in [0.25, 0.3) is 0 Å². The van der Waals surface area contributed by atoms with E-state index in [-0.39, 0.29) is 5.92 Å². The highest BCUT2D eigenvalue weighted by molar-refractivity contribution is 5.81. The van der Waals surface area contributed by atoms with Crippen molar-refractivity contribution in [3.05, 3.63) is 34.9 Å². The maximum Gasteiger partial charge on any atom is 0.136 e. The quantitative estimate of drug-likeness (QED) is 0.177. The van der Waals surface area contributed by atoms with Crippen molar-refractivity contribution in [2.75, 3.05) is 0 Å². The lowest BCUT2D eigenvalue weighted by molar-refractivity contribution is -0.123. The fraction of sp³-hybridized carbons (Fsp3) is 0.781. The lowest BCUT2D eigenvalue weighted by Gasteiger charge is -2.25. The van der Waals surface area contributed by atoms with Crippen LogP contribution in [0.5, 0.6) is 0 Å². The molecular weight excluding hydrogens is 400 g/mol. The Kier molecular flexibility index (Phi) is 17.4. The first-order valence-electron chi connectivity index (χ1n) is 14.5. The second-order valence-electron chi connectivity index (χ2n) is 10.9. The minimum absolute atomic E-state index is 0.147. The van der Waals surface area contributed by atoms with Crippen molar-refractivity contribution in [2.24, 2.45) is 11.8 Å². The van der Waals surface area contributed by atoms with Crippen LogP contribution in [0.15, 0.2) is 34.9 Å². The van der Waals surface area contributed by atoms with Crippen LogP contribution in [0, 0.1) is 11.8 Å². The summed E-state index contributed by atoms with van der Waals surface area (Å²) < 4.78 is 0. The molecule has 0 spiro atoms. The van der Waals surface area contributed by atoms with Crippen LogP contribution in [0.3, 0.4) is 0 Å². The molecule has 33 heavy (non-hydrogen) atoms. The van der Waals surface area contributed by atoms with Gasteiger partial charge in [0.15, 0.2) is 0 Å². The van der Waals surface area contributed by atoms with E-state index < -0.39 is 0 Å². The zero-order valence-electron chi connectivity index (χ0n) is 23.0. The largest absolute Gasteiger partial charge is 0.299 e. The molecule has 0 aliphatic heterocycles. The predicted molar refractivity (Wildman–Crippen MR) is 148 cm³/mol. The van der Waals surface area contributed by atoms with Crippen molar-refractivity contribution < 1.29 is 4.79 Å². The van der Waals surface area contributed by atoms with Gasteiger partial charge in [-0.3, -0.25) is 4.79 Å². The van der Waals surface area contributed by atoms with Crippen LogP contribution in [0.4, 0.5) is 0 Å². The van der Waals surface area contributed by atoms with Gasteiger partial charge in [-0.05, 0) is 65.2 Å². The third-order valence-electron chi connectivity index (χ3n) is 7.72. The molecule has 0 saturated heterocycles. The molecule has 1 rings (SSSR count). The second-order valence-corrected chi connectivity index (χ2v) is 10.9. The van der Waals surface area contributed by atoms with Gasteiger partial charge in [0.2, 0.25) is 0 Å². The molecule has 2 atom stereocenters. The number of carbonyl (C=O) groups excluding carboxylic acids is 1. The van der Waals surface area contributed by atoms with E-state index in [4.69, 9.17) is 0 Å². The van der Waals surface area contributed by atoms with Gasteiger partial charge < -0.3 is 0 Å². The van der Waals surface area contributed by atoms with Crippen molar-refractivity contribution in [3.63, 3.8) is 0 Å². The first-order valence-corrected chi connectivity index (χ1v) is 14.5. The Balaban J connectivity index is 2.34. The highest BCUT2D eigenvalue weighted by Crippen LogP contribution is 2.30. The molecule has 1 aliphatic rings. The molecule has 0 N–H and O–H groups in total. The SMILES string of the molecule is CCCCCCCCCCCCCCC(=O)C(C)C1CCC(C)=CCCC=C(C)CC=C1C. The molecule has 1 nitrogen and oxygen atoms in total. The van der Waals surface area contributed by atoms with E-state index in [0.717, 1.165) is 44.9 Å². The van der Waals surface area contributed by atoms with Gasteiger partial charge in [-0.15, -0.1) is 0 Å². The zero-order valence-corrected chi connectivity index (χ0v) is 23.0. The first kappa shape index (κ1) is 29.9. The highest BCUT2D eigenvalue weighted by atomic mass is 16.1. The monoisotopic (exact) mass is 456 g/mol. The van der Waals surface area contributed by atoms with Crippen molar-refractivity contribution in [2.45, 2.75) is 150 Å². The van der Waals surface area contributed by atoms with Crippen LogP contribution in [-0.2, 0) is 4.79 Å². The first-order chi connectivity index (χ1) is 16.0. The molecule has 0 aromatic carbocycles.